The minimum absolute atomic E-state index is 0.0132. The van der Waals surface area contributed by atoms with Gasteiger partial charge in [0.05, 0.1) is 22.7 Å². The van der Waals surface area contributed by atoms with Crippen molar-refractivity contribution < 1.29 is 17.9 Å². The Hall–Kier alpha value is -4.38. The summed E-state index contributed by atoms with van der Waals surface area (Å²) < 4.78 is 46.2. The van der Waals surface area contributed by atoms with E-state index < -0.39 is 17.3 Å². The van der Waals surface area contributed by atoms with Gasteiger partial charge in [-0.3, -0.25) is 4.79 Å². The summed E-state index contributed by atoms with van der Waals surface area (Å²) in [6.45, 7) is 0.0916. The zero-order valence-electron chi connectivity index (χ0n) is 17.1. The van der Waals surface area contributed by atoms with Crippen molar-refractivity contribution >= 4 is 17.1 Å². The molecule has 1 aromatic heterocycles. The zero-order chi connectivity index (χ0) is 23.4. The highest BCUT2D eigenvalue weighted by Gasteiger charge is 2.30. The monoisotopic (exact) mass is 447 g/mol. The van der Waals surface area contributed by atoms with E-state index in [4.69, 9.17) is 11.2 Å². The van der Waals surface area contributed by atoms with Crippen molar-refractivity contribution in [3.05, 3.63) is 94.3 Å². The number of nitrogens with zero attached hydrogens (tertiary/aromatic N) is 3. The molecule has 5 nitrogen and oxygen atoms in total. The van der Waals surface area contributed by atoms with Gasteiger partial charge in [0.1, 0.15) is 12.4 Å². The molecule has 0 unspecified atom stereocenters. The van der Waals surface area contributed by atoms with Gasteiger partial charge in [-0.05, 0) is 42.0 Å². The molecule has 0 aliphatic rings. The van der Waals surface area contributed by atoms with Gasteiger partial charge in [-0.25, -0.2) is 4.98 Å². The van der Waals surface area contributed by atoms with Crippen molar-refractivity contribution in [2.45, 2.75) is 6.18 Å². The third-order valence-corrected chi connectivity index (χ3v) is 4.70. The molecule has 0 saturated heterocycles. The van der Waals surface area contributed by atoms with E-state index in [1.165, 1.54) is 18.3 Å². The quantitative estimate of drug-likeness (QED) is 0.320. The molecule has 0 aliphatic heterocycles. The topological polar surface area (TPSA) is 56.5 Å². The average molecular weight is 447 g/mol. The van der Waals surface area contributed by atoms with Crippen LogP contribution in [0.4, 0.5) is 13.2 Å². The van der Waals surface area contributed by atoms with Crippen LogP contribution in [0.25, 0.3) is 22.3 Å². The molecule has 0 saturated carbocycles. The first kappa shape index (κ1) is 21.8. The maximum absolute atomic E-state index is 13.3. The number of para-hydroxylation sites is 1. The molecule has 0 fully saturated rings. The van der Waals surface area contributed by atoms with E-state index in [1.807, 2.05) is 0 Å². The first-order valence-electron chi connectivity index (χ1n) is 9.77. The van der Waals surface area contributed by atoms with Gasteiger partial charge in [0.15, 0.2) is 5.82 Å². The first-order valence-corrected chi connectivity index (χ1v) is 9.77. The smallest absolute Gasteiger partial charge is 0.416 e. The Morgan fingerprint density at radius 2 is 1.85 bits per heavy atom. The van der Waals surface area contributed by atoms with Crippen molar-refractivity contribution in [3.8, 4) is 29.5 Å². The molecule has 4 rings (SSSR count). The number of alkyl halides is 3. The molecule has 33 heavy (non-hydrogen) atoms. The molecule has 1 heterocycles. The minimum atomic E-state index is -4.54. The number of fused-ring (bicyclic) bond motifs is 1. The third kappa shape index (κ3) is 4.77. The summed E-state index contributed by atoms with van der Waals surface area (Å²) in [4.78, 5) is 17.6. The van der Waals surface area contributed by atoms with E-state index in [1.54, 1.807) is 48.5 Å². The van der Waals surface area contributed by atoms with E-state index >= 15 is 0 Å². The van der Waals surface area contributed by atoms with Crippen LogP contribution in [-0.2, 0) is 6.18 Å². The Morgan fingerprint density at radius 3 is 2.64 bits per heavy atom. The number of aromatic nitrogens is 2. The Morgan fingerprint density at radius 1 is 1.06 bits per heavy atom. The van der Waals surface area contributed by atoms with E-state index in [9.17, 15) is 18.0 Å². The van der Waals surface area contributed by atoms with E-state index in [0.717, 1.165) is 16.8 Å². The predicted octanol–water partition coefficient (Wildman–Crippen LogP) is 4.98. The van der Waals surface area contributed by atoms with Crippen molar-refractivity contribution in [1.82, 2.24) is 9.66 Å². The highest BCUT2D eigenvalue weighted by molar-refractivity contribution is 5.82. The van der Waals surface area contributed by atoms with E-state index in [0.29, 0.717) is 16.8 Å². The number of ether oxygens (including phenoxy) is 1. The second-order valence-corrected chi connectivity index (χ2v) is 6.96. The fourth-order valence-corrected chi connectivity index (χ4v) is 3.19. The van der Waals surface area contributed by atoms with Crippen LogP contribution in [-0.4, -0.2) is 22.5 Å². The minimum Gasteiger partial charge on any atom is -0.481 e. The number of hydrogen-bond donors (Lipinski definition) is 0. The van der Waals surface area contributed by atoms with Crippen LogP contribution in [0.15, 0.2) is 82.7 Å². The Labute approximate surface area is 186 Å². The van der Waals surface area contributed by atoms with Crippen LogP contribution in [0.1, 0.15) is 11.1 Å². The standard InChI is InChI=1S/C25H16F3N3O2/c1-2-13-33-20-10-5-7-17(14-20)16-29-31-23(18-8-6-9-19(15-18)25(26,27)28)30-22-12-4-3-11-21(22)24(31)32/h1,3-12,14-16H,13H2. The highest BCUT2D eigenvalue weighted by Crippen LogP contribution is 2.31. The van der Waals surface area contributed by atoms with Crippen LogP contribution in [0, 0.1) is 12.3 Å². The molecular weight excluding hydrogens is 431 g/mol. The Kier molecular flexibility index (Phi) is 5.96. The van der Waals surface area contributed by atoms with Gasteiger partial charge in [0.25, 0.3) is 5.56 Å². The van der Waals surface area contributed by atoms with Crippen molar-refractivity contribution in [2.75, 3.05) is 6.61 Å². The number of benzene rings is 3. The average Bonchev–Trinajstić information content (AvgIpc) is 2.82. The maximum atomic E-state index is 13.3. The first-order chi connectivity index (χ1) is 15.9. The van der Waals surface area contributed by atoms with E-state index in [-0.39, 0.29) is 23.4 Å². The lowest BCUT2D eigenvalue weighted by atomic mass is 10.1. The molecule has 0 bridgehead atoms. The Balaban J connectivity index is 1.86. The van der Waals surface area contributed by atoms with Crippen LogP contribution in [0.2, 0.25) is 0 Å². The largest absolute Gasteiger partial charge is 0.481 e. The van der Waals surface area contributed by atoms with Gasteiger partial charge in [-0.2, -0.15) is 22.9 Å². The lowest BCUT2D eigenvalue weighted by Gasteiger charge is -2.12. The number of hydrogen-bond acceptors (Lipinski definition) is 4. The maximum Gasteiger partial charge on any atom is 0.416 e. The van der Waals surface area contributed by atoms with Gasteiger partial charge < -0.3 is 4.74 Å². The second-order valence-electron chi connectivity index (χ2n) is 6.96. The molecule has 0 amide bonds. The molecule has 0 atom stereocenters. The number of terminal acetylenes is 1. The van der Waals surface area contributed by atoms with Gasteiger partial charge >= 0.3 is 6.18 Å². The van der Waals surface area contributed by atoms with Gasteiger partial charge in [0, 0.05) is 5.56 Å². The van der Waals surface area contributed by atoms with Crippen molar-refractivity contribution in [1.29, 1.82) is 0 Å². The molecule has 0 spiro atoms. The summed E-state index contributed by atoms with van der Waals surface area (Å²) in [6.07, 6.45) is 2.06. The highest BCUT2D eigenvalue weighted by atomic mass is 19.4. The third-order valence-electron chi connectivity index (χ3n) is 4.70. The summed E-state index contributed by atoms with van der Waals surface area (Å²) >= 11 is 0. The fraction of sp³-hybridized carbons (Fsp3) is 0.0800. The summed E-state index contributed by atoms with van der Waals surface area (Å²) in [7, 11) is 0. The van der Waals surface area contributed by atoms with Crippen molar-refractivity contribution in [3.63, 3.8) is 0 Å². The fourth-order valence-electron chi connectivity index (χ4n) is 3.19. The summed E-state index contributed by atoms with van der Waals surface area (Å²) in [5, 5.41) is 4.54. The predicted molar refractivity (Wildman–Crippen MR) is 120 cm³/mol. The second kappa shape index (κ2) is 9.01. The van der Waals surface area contributed by atoms with Gasteiger partial charge in [-0.1, -0.05) is 42.3 Å². The molecule has 8 heteroatoms. The molecule has 0 radical (unpaired) electrons. The lowest BCUT2D eigenvalue weighted by Crippen LogP contribution is -2.20. The molecule has 0 aliphatic carbocycles. The van der Waals surface area contributed by atoms with Gasteiger partial charge in [0.2, 0.25) is 0 Å². The summed E-state index contributed by atoms with van der Waals surface area (Å²) in [5.74, 6) is 2.87. The van der Waals surface area contributed by atoms with E-state index in [2.05, 4.69) is 16.0 Å². The summed E-state index contributed by atoms with van der Waals surface area (Å²) in [6, 6.07) is 18.0. The van der Waals surface area contributed by atoms with Crippen LogP contribution >= 0.6 is 0 Å². The molecule has 0 N–H and O–H groups in total. The zero-order valence-corrected chi connectivity index (χ0v) is 17.1. The number of halogens is 3. The Bertz CT molecular complexity index is 1450. The lowest BCUT2D eigenvalue weighted by molar-refractivity contribution is -0.137. The van der Waals surface area contributed by atoms with Gasteiger partial charge in [-0.15, -0.1) is 6.42 Å². The van der Waals surface area contributed by atoms with Crippen LogP contribution < -0.4 is 10.3 Å². The molecule has 4 aromatic rings. The molecule has 164 valence electrons. The number of rotatable bonds is 5. The van der Waals surface area contributed by atoms with Crippen LogP contribution in [0.3, 0.4) is 0 Å². The molecule has 3 aromatic carbocycles. The molecular formula is C25H16F3N3O2. The van der Waals surface area contributed by atoms with Crippen molar-refractivity contribution in [2.24, 2.45) is 5.10 Å². The van der Waals surface area contributed by atoms with Crippen LogP contribution in [0.5, 0.6) is 5.75 Å². The summed E-state index contributed by atoms with van der Waals surface area (Å²) in [5.41, 5.74) is -0.304. The normalized spacial score (nSPS) is 11.6. The SMILES string of the molecule is C#CCOc1cccc(C=Nn2c(-c3cccc(C(F)(F)F)c3)nc3ccccc3c2=O)c1.